The van der Waals surface area contributed by atoms with Gasteiger partial charge in [0.15, 0.2) is 0 Å². The van der Waals surface area contributed by atoms with Crippen molar-refractivity contribution in [2.75, 3.05) is 6.54 Å². The Morgan fingerprint density at radius 1 is 1.12 bits per heavy atom. The molecule has 0 radical (unpaired) electrons. The van der Waals surface area contributed by atoms with E-state index in [9.17, 15) is 4.79 Å². The Morgan fingerprint density at radius 3 is 2.18 bits per heavy atom. The van der Waals surface area contributed by atoms with Gasteiger partial charge >= 0.3 is 0 Å². The lowest BCUT2D eigenvalue weighted by atomic mass is 9.92. The molecule has 1 aliphatic rings. The van der Waals surface area contributed by atoms with Crippen molar-refractivity contribution >= 4 is 5.91 Å². The average molecular weight is 239 g/mol. The molecule has 0 spiro atoms. The first kappa shape index (κ1) is 14.5. The highest BCUT2D eigenvalue weighted by atomic mass is 16.2. The highest BCUT2D eigenvalue weighted by Gasteiger charge is 2.32. The summed E-state index contributed by atoms with van der Waals surface area (Å²) in [4.78, 5) is 11.9. The van der Waals surface area contributed by atoms with E-state index in [1.807, 2.05) is 20.8 Å². The molecule has 0 heterocycles. The third kappa shape index (κ3) is 4.01. The van der Waals surface area contributed by atoms with Crippen LogP contribution in [0, 0.1) is 23.2 Å². The molecule has 17 heavy (non-hydrogen) atoms. The fourth-order valence-corrected chi connectivity index (χ4v) is 2.91. The molecule has 0 saturated heterocycles. The van der Waals surface area contributed by atoms with E-state index in [0.29, 0.717) is 5.92 Å². The highest BCUT2D eigenvalue weighted by Crippen LogP contribution is 2.39. The van der Waals surface area contributed by atoms with Gasteiger partial charge in [0.2, 0.25) is 5.91 Å². The van der Waals surface area contributed by atoms with Crippen molar-refractivity contribution in [3.63, 3.8) is 0 Å². The van der Waals surface area contributed by atoms with Gasteiger partial charge < -0.3 is 5.32 Å². The molecule has 0 aromatic heterocycles. The molecule has 1 N–H and O–H groups in total. The fraction of sp³-hybridized carbons (Fsp3) is 0.933. The summed E-state index contributed by atoms with van der Waals surface area (Å²) in [7, 11) is 0. The van der Waals surface area contributed by atoms with Gasteiger partial charge in [0.25, 0.3) is 0 Å². The van der Waals surface area contributed by atoms with Crippen LogP contribution in [0.4, 0.5) is 0 Å². The summed E-state index contributed by atoms with van der Waals surface area (Å²) in [6.07, 6.45) is 5.22. The summed E-state index contributed by atoms with van der Waals surface area (Å²) in [5.41, 5.74) is -0.259. The van der Waals surface area contributed by atoms with Crippen LogP contribution < -0.4 is 5.32 Å². The van der Waals surface area contributed by atoms with Crippen LogP contribution in [-0.2, 0) is 4.79 Å². The molecule has 2 heteroatoms. The molecule has 3 atom stereocenters. The summed E-state index contributed by atoms with van der Waals surface area (Å²) in [5, 5.41) is 3.13. The second-order valence-corrected chi connectivity index (χ2v) is 6.63. The number of amides is 1. The molecule has 1 amide bonds. The molecule has 0 aromatic rings. The maximum absolute atomic E-state index is 11.9. The largest absolute Gasteiger partial charge is 0.355 e. The summed E-state index contributed by atoms with van der Waals surface area (Å²) < 4.78 is 0. The number of hydrogen-bond acceptors (Lipinski definition) is 1. The molecule has 0 bridgehead atoms. The number of rotatable bonds is 4. The van der Waals surface area contributed by atoms with E-state index in [1.54, 1.807) is 0 Å². The molecule has 1 aliphatic carbocycles. The molecular weight excluding hydrogens is 210 g/mol. The zero-order valence-corrected chi connectivity index (χ0v) is 12.2. The lowest BCUT2D eigenvalue weighted by Crippen LogP contribution is -2.38. The third-order valence-corrected chi connectivity index (χ3v) is 4.25. The van der Waals surface area contributed by atoms with Crippen molar-refractivity contribution in [2.45, 2.75) is 60.3 Å². The third-order valence-electron chi connectivity index (χ3n) is 4.25. The van der Waals surface area contributed by atoms with Gasteiger partial charge in [0, 0.05) is 12.0 Å². The van der Waals surface area contributed by atoms with Gasteiger partial charge in [-0.15, -0.1) is 0 Å². The SMILES string of the molecule is CCC1CC(CC)C(CNC(=O)C(C)(C)C)C1. The van der Waals surface area contributed by atoms with Gasteiger partial charge in [-0.2, -0.15) is 0 Å². The van der Waals surface area contributed by atoms with E-state index in [4.69, 9.17) is 0 Å². The lowest BCUT2D eigenvalue weighted by molar-refractivity contribution is -0.128. The van der Waals surface area contributed by atoms with Crippen molar-refractivity contribution in [1.29, 1.82) is 0 Å². The van der Waals surface area contributed by atoms with Crippen LogP contribution in [0.2, 0.25) is 0 Å². The normalized spacial score (nSPS) is 29.4. The molecule has 0 aliphatic heterocycles. The minimum absolute atomic E-state index is 0.187. The fourth-order valence-electron chi connectivity index (χ4n) is 2.91. The maximum Gasteiger partial charge on any atom is 0.225 e. The first-order valence-electron chi connectivity index (χ1n) is 7.16. The Hall–Kier alpha value is -0.530. The molecule has 0 aromatic carbocycles. The van der Waals surface area contributed by atoms with E-state index in [-0.39, 0.29) is 11.3 Å². The van der Waals surface area contributed by atoms with Crippen molar-refractivity contribution < 1.29 is 4.79 Å². The molecular formula is C15H29NO. The molecule has 3 unspecified atom stereocenters. The topological polar surface area (TPSA) is 29.1 Å². The average Bonchev–Trinajstić information content (AvgIpc) is 2.66. The van der Waals surface area contributed by atoms with Gasteiger partial charge in [0.05, 0.1) is 0 Å². The second kappa shape index (κ2) is 5.88. The monoisotopic (exact) mass is 239 g/mol. The van der Waals surface area contributed by atoms with Crippen LogP contribution in [0.5, 0.6) is 0 Å². The molecule has 1 fully saturated rings. The van der Waals surface area contributed by atoms with Crippen molar-refractivity contribution in [1.82, 2.24) is 5.32 Å². The van der Waals surface area contributed by atoms with Crippen LogP contribution in [-0.4, -0.2) is 12.5 Å². The summed E-state index contributed by atoms with van der Waals surface area (Å²) in [6.45, 7) is 11.4. The van der Waals surface area contributed by atoms with Crippen molar-refractivity contribution in [3.8, 4) is 0 Å². The second-order valence-electron chi connectivity index (χ2n) is 6.63. The Labute approximate surface area is 107 Å². The van der Waals surface area contributed by atoms with Crippen LogP contribution in [0.1, 0.15) is 60.3 Å². The van der Waals surface area contributed by atoms with Gasteiger partial charge in [-0.3, -0.25) is 4.79 Å². The number of carbonyl (C=O) groups is 1. The Kier molecular flexibility index (Phi) is 5.03. The van der Waals surface area contributed by atoms with Crippen LogP contribution in [0.3, 0.4) is 0 Å². The van der Waals surface area contributed by atoms with E-state index >= 15 is 0 Å². The van der Waals surface area contributed by atoms with E-state index in [1.165, 1.54) is 25.7 Å². The molecule has 1 rings (SSSR count). The quantitative estimate of drug-likeness (QED) is 0.797. The lowest BCUT2D eigenvalue weighted by Gasteiger charge is -2.22. The van der Waals surface area contributed by atoms with Gasteiger partial charge in [0.1, 0.15) is 0 Å². The Bertz CT molecular complexity index is 254. The van der Waals surface area contributed by atoms with E-state index in [0.717, 1.165) is 18.4 Å². The predicted octanol–water partition coefficient (Wildman–Crippen LogP) is 3.61. The number of hydrogen-bond donors (Lipinski definition) is 1. The predicted molar refractivity (Wildman–Crippen MR) is 72.8 cm³/mol. The van der Waals surface area contributed by atoms with Crippen LogP contribution in [0.15, 0.2) is 0 Å². The van der Waals surface area contributed by atoms with Gasteiger partial charge in [-0.1, -0.05) is 47.5 Å². The van der Waals surface area contributed by atoms with Gasteiger partial charge in [-0.25, -0.2) is 0 Å². The maximum atomic E-state index is 11.9. The number of carbonyl (C=O) groups excluding carboxylic acids is 1. The Balaban J connectivity index is 2.43. The first-order chi connectivity index (χ1) is 7.88. The van der Waals surface area contributed by atoms with Gasteiger partial charge in [-0.05, 0) is 30.6 Å². The smallest absolute Gasteiger partial charge is 0.225 e. The number of nitrogens with one attached hydrogen (secondary N) is 1. The first-order valence-corrected chi connectivity index (χ1v) is 7.16. The minimum atomic E-state index is -0.259. The van der Waals surface area contributed by atoms with Crippen molar-refractivity contribution in [3.05, 3.63) is 0 Å². The Morgan fingerprint density at radius 2 is 1.71 bits per heavy atom. The standard InChI is InChI=1S/C15H29NO/c1-6-11-8-12(7-2)13(9-11)10-16-14(17)15(3,4)5/h11-13H,6-10H2,1-5H3,(H,16,17). The zero-order chi connectivity index (χ0) is 13.1. The minimum Gasteiger partial charge on any atom is -0.355 e. The zero-order valence-electron chi connectivity index (χ0n) is 12.2. The van der Waals surface area contributed by atoms with E-state index in [2.05, 4.69) is 19.2 Å². The highest BCUT2D eigenvalue weighted by molar-refractivity contribution is 5.81. The van der Waals surface area contributed by atoms with E-state index < -0.39 is 0 Å². The molecule has 1 saturated carbocycles. The molecule has 2 nitrogen and oxygen atoms in total. The summed E-state index contributed by atoms with van der Waals surface area (Å²) >= 11 is 0. The summed E-state index contributed by atoms with van der Waals surface area (Å²) in [5.74, 6) is 2.60. The van der Waals surface area contributed by atoms with Crippen LogP contribution >= 0.6 is 0 Å². The van der Waals surface area contributed by atoms with Crippen molar-refractivity contribution in [2.24, 2.45) is 23.2 Å². The molecule has 100 valence electrons. The van der Waals surface area contributed by atoms with Crippen LogP contribution in [0.25, 0.3) is 0 Å². The summed E-state index contributed by atoms with van der Waals surface area (Å²) in [6, 6.07) is 0.